The van der Waals surface area contributed by atoms with Crippen molar-refractivity contribution >= 4 is 39.1 Å². The van der Waals surface area contributed by atoms with Crippen LogP contribution in [0.4, 0.5) is 0 Å². The van der Waals surface area contributed by atoms with Gasteiger partial charge in [-0.25, -0.2) is 13.1 Å². The molecule has 8 heteroatoms. The van der Waals surface area contributed by atoms with E-state index < -0.39 is 10.0 Å². The minimum absolute atomic E-state index is 0. The van der Waals surface area contributed by atoms with Crippen LogP contribution in [0.3, 0.4) is 0 Å². The SMILES string of the molecule is CC(N)CCNC(=O)CCNS(=O)(=O)c1ccc2ccccc2c1.Cl. The number of sulfonamides is 1. The number of rotatable bonds is 8. The lowest BCUT2D eigenvalue weighted by Gasteiger charge is -2.09. The highest BCUT2D eigenvalue weighted by atomic mass is 35.5. The van der Waals surface area contributed by atoms with Crippen LogP contribution in [0.2, 0.25) is 0 Å². The average Bonchev–Trinajstić information content (AvgIpc) is 2.54. The van der Waals surface area contributed by atoms with E-state index in [0.29, 0.717) is 13.0 Å². The molecule has 0 spiro atoms. The molecule has 2 aromatic carbocycles. The molecule has 0 bridgehead atoms. The first-order chi connectivity index (χ1) is 11.4. The van der Waals surface area contributed by atoms with Crippen molar-refractivity contribution in [1.29, 1.82) is 0 Å². The van der Waals surface area contributed by atoms with Gasteiger partial charge in [0, 0.05) is 25.6 Å². The molecule has 1 unspecified atom stereocenters. The summed E-state index contributed by atoms with van der Waals surface area (Å²) in [4.78, 5) is 11.8. The van der Waals surface area contributed by atoms with Crippen LogP contribution in [0, 0.1) is 0 Å². The second-order valence-electron chi connectivity index (χ2n) is 5.77. The van der Waals surface area contributed by atoms with Gasteiger partial charge in [-0.3, -0.25) is 4.79 Å². The molecule has 0 aromatic heterocycles. The number of benzene rings is 2. The van der Waals surface area contributed by atoms with E-state index in [0.717, 1.165) is 10.8 Å². The summed E-state index contributed by atoms with van der Waals surface area (Å²) < 4.78 is 27.1. The molecule has 0 radical (unpaired) electrons. The molecule has 0 saturated heterocycles. The van der Waals surface area contributed by atoms with E-state index in [4.69, 9.17) is 5.73 Å². The third-order valence-corrected chi connectivity index (χ3v) is 5.06. The van der Waals surface area contributed by atoms with Crippen LogP contribution in [-0.4, -0.2) is 33.5 Å². The van der Waals surface area contributed by atoms with Gasteiger partial charge in [-0.05, 0) is 36.2 Å². The predicted molar refractivity (Wildman–Crippen MR) is 102 cm³/mol. The zero-order valence-electron chi connectivity index (χ0n) is 14.1. The molecule has 0 aliphatic heterocycles. The van der Waals surface area contributed by atoms with Crippen molar-refractivity contribution in [2.45, 2.75) is 30.7 Å². The highest BCUT2D eigenvalue weighted by molar-refractivity contribution is 7.89. The van der Waals surface area contributed by atoms with Gasteiger partial charge in [0.1, 0.15) is 0 Å². The summed E-state index contributed by atoms with van der Waals surface area (Å²) in [6, 6.07) is 12.5. The molecule has 0 fully saturated rings. The number of hydrogen-bond acceptors (Lipinski definition) is 4. The second-order valence-corrected chi connectivity index (χ2v) is 7.54. The van der Waals surface area contributed by atoms with Gasteiger partial charge in [0.05, 0.1) is 4.90 Å². The fourth-order valence-corrected chi connectivity index (χ4v) is 3.31. The third kappa shape index (κ3) is 6.62. The summed E-state index contributed by atoms with van der Waals surface area (Å²) in [6.07, 6.45) is 0.778. The van der Waals surface area contributed by atoms with Crippen molar-refractivity contribution in [2.24, 2.45) is 5.73 Å². The van der Waals surface area contributed by atoms with Gasteiger partial charge in [0.2, 0.25) is 15.9 Å². The predicted octanol–water partition coefficient (Wildman–Crippen LogP) is 1.78. The maximum Gasteiger partial charge on any atom is 0.240 e. The fourth-order valence-electron chi connectivity index (χ4n) is 2.24. The number of halogens is 1. The first-order valence-corrected chi connectivity index (χ1v) is 9.37. The van der Waals surface area contributed by atoms with Crippen molar-refractivity contribution in [3.05, 3.63) is 42.5 Å². The highest BCUT2D eigenvalue weighted by Crippen LogP contribution is 2.18. The van der Waals surface area contributed by atoms with E-state index in [1.807, 2.05) is 31.2 Å². The molecule has 1 atom stereocenters. The molecule has 0 saturated carbocycles. The lowest BCUT2D eigenvalue weighted by Crippen LogP contribution is -2.32. The summed E-state index contributed by atoms with van der Waals surface area (Å²) in [5.74, 6) is -0.197. The molecule has 1 amide bonds. The highest BCUT2D eigenvalue weighted by Gasteiger charge is 2.14. The van der Waals surface area contributed by atoms with Crippen molar-refractivity contribution in [2.75, 3.05) is 13.1 Å². The van der Waals surface area contributed by atoms with Gasteiger partial charge < -0.3 is 11.1 Å². The zero-order valence-corrected chi connectivity index (χ0v) is 15.7. The van der Waals surface area contributed by atoms with Gasteiger partial charge in [0.25, 0.3) is 0 Å². The Hall–Kier alpha value is -1.67. The molecule has 0 aliphatic rings. The van der Waals surface area contributed by atoms with Crippen LogP contribution in [0.15, 0.2) is 47.4 Å². The lowest BCUT2D eigenvalue weighted by atomic mass is 10.1. The van der Waals surface area contributed by atoms with Crippen LogP contribution < -0.4 is 15.8 Å². The van der Waals surface area contributed by atoms with Gasteiger partial charge >= 0.3 is 0 Å². The minimum Gasteiger partial charge on any atom is -0.356 e. The van der Waals surface area contributed by atoms with Gasteiger partial charge in [-0.2, -0.15) is 0 Å². The molecular weight excluding hydrogens is 362 g/mol. The Morgan fingerprint density at radius 2 is 1.80 bits per heavy atom. The molecule has 25 heavy (non-hydrogen) atoms. The summed E-state index contributed by atoms with van der Waals surface area (Å²) in [5, 5.41) is 4.54. The van der Waals surface area contributed by atoms with Crippen molar-refractivity contribution in [1.82, 2.24) is 10.0 Å². The Bertz CT molecular complexity index is 810. The van der Waals surface area contributed by atoms with E-state index in [1.165, 1.54) is 0 Å². The van der Waals surface area contributed by atoms with Crippen LogP contribution >= 0.6 is 12.4 Å². The molecule has 0 heterocycles. The standard InChI is InChI=1S/C17H23N3O3S.ClH/c1-13(18)8-10-19-17(21)9-11-20-24(22,23)16-7-6-14-4-2-3-5-15(14)12-16;/h2-7,12-13,20H,8-11,18H2,1H3,(H,19,21);1H. The Balaban J connectivity index is 0.00000312. The zero-order chi connectivity index (χ0) is 17.6. The molecule has 2 rings (SSSR count). The maximum atomic E-state index is 12.3. The summed E-state index contributed by atoms with van der Waals surface area (Å²) in [6.45, 7) is 2.41. The van der Waals surface area contributed by atoms with Gasteiger partial charge in [-0.15, -0.1) is 12.4 Å². The minimum atomic E-state index is -3.63. The van der Waals surface area contributed by atoms with Crippen molar-refractivity contribution in [3.8, 4) is 0 Å². The first kappa shape index (κ1) is 21.4. The van der Waals surface area contributed by atoms with Crippen molar-refractivity contribution < 1.29 is 13.2 Å². The molecule has 0 aliphatic carbocycles. The topological polar surface area (TPSA) is 101 Å². The number of fused-ring (bicyclic) bond motifs is 1. The lowest BCUT2D eigenvalue weighted by molar-refractivity contribution is -0.120. The van der Waals surface area contributed by atoms with Gasteiger partial charge in [-0.1, -0.05) is 30.3 Å². The second kappa shape index (κ2) is 9.72. The Labute approximate surface area is 154 Å². The molecule has 4 N–H and O–H groups in total. The number of carbonyl (C=O) groups is 1. The first-order valence-electron chi connectivity index (χ1n) is 7.89. The number of nitrogens with one attached hydrogen (secondary N) is 2. The van der Waals surface area contributed by atoms with E-state index in [2.05, 4.69) is 10.0 Å². The maximum absolute atomic E-state index is 12.3. The van der Waals surface area contributed by atoms with E-state index in [-0.39, 0.29) is 42.2 Å². The Morgan fingerprint density at radius 3 is 2.48 bits per heavy atom. The van der Waals surface area contributed by atoms with Crippen LogP contribution in [-0.2, 0) is 14.8 Å². The summed E-state index contributed by atoms with van der Waals surface area (Å²) >= 11 is 0. The van der Waals surface area contributed by atoms with Crippen LogP contribution in [0.1, 0.15) is 19.8 Å². The number of nitrogens with two attached hydrogens (primary N) is 1. The average molecular weight is 386 g/mol. The van der Waals surface area contributed by atoms with E-state index >= 15 is 0 Å². The fraction of sp³-hybridized carbons (Fsp3) is 0.353. The third-order valence-electron chi connectivity index (χ3n) is 3.60. The Morgan fingerprint density at radius 1 is 1.12 bits per heavy atom. The quantitative estimate of drug-likeness (QED) is 0.644. The number of carbonyl (C=O) groups excluding carboxylic acids is 1. The van der Waals surface area contributed by atoms with Crippen LogP contribution in [0.5, 0.6) is 0 Å². The summed E-state index contributed by atoms with van der Waals surface area (Å²) in [5.41, 5.74) is 5.60. The van der Waals surface area contributed by atoms with Crippen molar-refractivity contribution in [3.63, 3.8) is 0 Å². The molecule has 138 valence electrons. The monoisotopic (exact) mass is 385 g/mol. The molecule has 2 aromatic rings. The number of amides is 1. The number of hydrogen-bond donors (Lipinski definition) is 3. The summed E-state index contributed by atoms with van der Waals surface area (Å²) in [7, 11) is -3.63. The molecular formula is C17H24ClN3O3S. The Kier molecular flexibility index (Phi) is 8.31. The van der Waals surface area contributed by atoms with E-state index in [1.54, 1.807) is 18.2 Å². The van der Waals surface area contributed by atoms with Crippen LogP contribution in [0.25, 0.3) is 10.8 Å². The smallest absolute Gasteiger partial charge is 0.240 e. The van der Waals surface area contributed by atoms with E-state index in [9.17, 15) is 13.2 Å². The normalized spacial score (nSPS) is 12.4. The molecule has 6 nitrogen and oxygen atoms in total. The van der Waals surface area contributed by atoms with Gasteiger partial charge in [0.15, 0.2) is 0 Å². The largest absolute Gasteiger partial charge is 0.356 e.